The highest BCUT2D eigenvalue weighted by Gasteiger charge is 2.32. The molecule has 1 aromatic heterocycles. The Hall–Kier alpha value is -1.50. The van der Waals surface area contributed by atoms with Gasteiger partial charge in [-0.1, -0.05) is 0 Å². The van der Waals surface area contributed by atoms with Gasteiger partial charge in [-0.2, -0.15) is 0 Å². The van der Waals surface area contributed by atoms with Gasteiger partial charge in [-0.15, -0.1) is 5.10 Å². The Bertz CT molecular complexity index is 513. The topological polar surface area (TPSA) is 75.9 Å². The second kappa shape index (κ2) is 5.36. The SMILES string of the molecule is O=C(NC1CCN(Cc2nnnn2C2CC2)CC1)C1CC1. The second-order valence-corrected chi connectivity index (χ2v) is 6.60. The van der Waals surface area contributed by atoms with Gasteiger partial charge in [-0.3, -0.25) is 9.69 Å². The summed E-state index contributed by atoms with van der Waals surface area (Å²) in [6.45, 7) is 2.84. The molecular weight excluding hydrogens is 268 g/mol. The quantitative estimate of drug-likeness (QED) is 0.854. The fourth-order valence-electron chi connectivity index (χ4n) is 3.02. The van der Waals surface area contributed by atoms with Gasteiger partial charge in [-0.25, -0.2) is 4.68 Å². The monoisotopic (exact) mass is 290 g/mol. The van der Waals surface area contributed by atoms with E-state index in [1.54, 1.807) is 0 Å². The van der Waals surface area contributed by atoms with E-state index in [4.69, 9.17) is 0 Å². The van der Waals surface area contributed by atoms with Crippen molar-refractivity contribution in [3.05, 3.63) is 5.82 Å². The molecule has 0 spiro atoms. The van der Waals surface area contributed by atoms with Crippen molar-refractivity contribution in [1.82, 2.24) is 30.4 Å². The van der Waals surface area contributed by atoms with Crippen molar-refractivity contribution < 1.29 is 4.79 Å². The number of rotatable bonds is 5. The zero-order valence-electron chi connectivity index (χ0n) is 12.2. The lowest BCUT2D eigenvalue weighted by atomic mass is 10.0. The summed E-state index contributed by atoms with van der Waals surface area (Å²) in [4.78, 5) is 14.2. The molecule has 0 atom stereocenters. The molecule has 3 aliphatic rings. The molecule has 7 nitrogen and oxygen atoms in total. The first-order chi connectivity index (χ1) is 10.3. The second-order valence-electron chi connectivity index (χ2n) is 6.60. The molecule has 21 heavy (non-hydrogen) atoms. The Morgan fingerprint density at radius 1 is 1.14 bits per heavy atom. The van der Waals surface area contributed by atoms with Crippen molar-refractivity contribution in [2.24, 2.45) is 5.92 Å². The maximum absolute atomic E-state index is 11.8. The largest absolute Gasteiger partial charge is 0.353 e. The van der Waals surface area contributed by atoms with Crippen LogP contribution < -0.4 is 5.32 Å². The molecule has 1 saturated heterocycles. The van der Waals surface area contributed by atoms with E-state index in [9.17, 15) is 4.79 Å². The third kappa shape index (κ3) is 3.07. The normalized spacial score (nSPS) is 24.2. The van der Waals surface area contributed by atoms with E-state index < -0.39 is 0 Å². The number of nitrogens with one attached hydrogen (secondary N) is 1. The van der Waals surface area contributed by atoms with E-state index >= 15 is 0 Å². The molecule has 0 bridgehead atoms. The first-order valence-corrected chi connectivity index (χ1v) is 8.09. The van der Waals surface area contributed by atoms with Crippen LogP contribution in [0.3, 0.4) is 0 Å². The number of piperidine rings is 1. The predicted molar refractivity (Wildman–Crippen MR) is 75.3 cm³/mol. The Kier molecular flexibility index (Phi) is 3.37. The number of carbonyl (C=O) groups is 1. The third-order valence-electron chi connectivity index (χ3n) is 4.70. The maximum Gasteiger partial charge on any atom is 0.223 e. The number of hydrogen-bond donors (Lipinski definition) is 1. The molecule has 1 amide bonds. The average molecular weight is 290 g/mol. The van der Waals surface area contributed by atoms with Gasteiger partial charge in [0.05, 0.1) is 12.6 Å². The summed E-state index contributed by atoms with van der Waals surface area (Å²) in [6.07, 6.45) is 6.62. The number of amides is 1. The van der Waals surface area contributed by atoms with Crippen LogP contribution in [0.1, 0.15) is 50.4 Å². The lowest BCUT2D eigenvalue weighted by Gasteiger charge is -2.31. The van der Waals surface area contributed by atoms with Crippen LogP contribution in [0, 0.1) is 5.92 Å². The fourth-order valence-corrected chi connectivity index (χ4v) is 3.02. The molecule has 1 N–H and O–H groups in total. The van der Waals surface area contributed by atoms with E-state index in [1.807, 2.05) is 4.68 Å². The third-order valence-corrected chi connectivity index (χ3v) is 4.70. The maximum atomic E-state index is 11.8. The smallest absolute Gasteiger partial charge is 0.223 e. The summed E-state index contributed by atoms with van der Waals surface area (Å²) >= 11 is 0. The lowest BCUT2D eigenvalue weighted by molar-refractivity contribution is -0.123. The molecule has 7 heteroatoms. The van der Waals surface area contributed by atoms with Gasteiger partial charge >= 0.3 is 0 Å². The molecule has 1 aromatic rings. The highest BCUT2D eigenvalue weighted by Crippen LogP contribution is 2.34. The van der Waals surface area contributed by atoms with Crippen molar-refractivity contribution in [1.29, 1.82) is 0 Å². The molecule has 114 valence electrons. The number of aromatic nitrogens is 4. The van der Waals surface area contributed by atoms with Crippen molar-refractivity contribution >= 4 is 5.91 Å². The zero-order valence-corrected chi connectivity index (χ0v) is 12.2. The highest BCUT2D eigenvalue weighted by molar-refractivity contribution is 5.81. The molecular formula is C14H22N6O. The van der Waals surface area contributed by atoms with Crippen molar-refractivity contribution in [2.75, 3.05) is 13.1 Å². The van der Waals surface area contributed by atoms with Crippen LogP contribution >= 0.6 is 0 Å². The molecule has 2 heterocycles. The van der Waals surface area contributed by atoms with Crippen LogP contribution in [-0.2, 0) is 11.3 Å². The van der Waals surface area contributed by atoms with Gasteiger partial charge in [0.25, 0.3) is 0 Å². The first kappa shape index (κ1) is 13.2. The van der Waals surface area contributed by atoms with Gasteiger partial charge in [0.2, 0.25) is 5.91 Å². The predicted octanol–water partition coefficient (Wildman–Crippen LogP) is 0.499. The van der Waals surface area contributed by atoms with Gasteiger partial charge in [0.1, 0.15) is 0 Å². The van der Waals surface area contributed by atoms with E-state index in [0.29, 0.717) is 18.0 Å². The molecule has 2 saturated carbocycles. The van der Waals surface area contributed by atoms with Crippen LogP contribution in [0.25, 0.3) is 0 Å². The number of nitrogens with zero attached hydrogens (tertiary/aromatic N) is 5. The lowest BCUT2D eigenvalue weighted by Crippen LogP contribution is -2.45. The summed E-state index contributed by atoms with van der Waals surface area (Å²) in [7, 11) is 0. The Morgan fingerprint density at radius 2 is 1.90 bits per heavy atom. The number of hydrogen-bond acceptors (Lipinski definition) is 5. The summed E-state index contributed by atoms with van der Waals surface area (Å²) < 4.78 is 1.99. The highest BCUT2D eigenvalue weighted by atomic mass is 16.2. The summed E-state index contributed by atoms with van der Waals surface area (Å²) in [5.74, 6) is 1.57. The summed E-state index contributed by atoms with van der Waals surface area (Å²) in [5, 5.41) is 15.3. The van der Waals surface area contributed by atoms with Gasteiger partial charge in [0.15, 0.2) is 5.82 Å². The van der Waals surface area contributed by atoms with Crippen LogP contribution in [0.15, 0.2) is 0 Å². The van der Waals surface area contributed by atoms with Crippen LogP contribution in [0.4, 0.5) is 0 Å². The minimum absolute atomic E-state index is 0.270. The molecule has 0 aromatic carbocycles. The van der Waals surface area contributed by atoms with Crippen LogP contribution in [0.5, 0.6) is 0 Å². The number of likely N-dealkylation sites (tertiary alicyclic amines) is 1. The minimum atomic E-state index is 0.270. The molecule has 0 unspecified atom stereocenters. The van der Waals surface area contributed by atoms with Crippen molar-refractivity contribution in [2.45, 2.75) is 57.2 Å². The Balaban J connectivity index is 1.26. The van der Waals surface area contributed by atoms with Gasteiger partial charge in [0, 0.05) is 25.0 Å². The molecule has 2 aliphatic carbocycles. The standard InChI is InChI=1S/C14H22N6O/c21-14(10-1-2-10)15-11-5-7-19(8-6-11)9-13-16-17-18-20(13)12-3-4-12/h10-12H,1-9H2,(H,15,21). The van der Waals surface area contributed by atoms with Crippen molar-refractivity contribution in [3.8, 4) is 0 Å². The molecule has 0 radical (unpaired) electrons. The summed E-state index contributed by atoms with van der Waals surface area (Å²) in [6, 6.07) is 0.888. The van der Waals surface area contributed by atoms with Crippen LogP contribution in [0.2, 0.25) is 0 Å². The first-order valence-electron chi connectivity index (χ1n) is 8.09. The molecule has 1 aliphatic heterocycles. The molecule has 3 fully saturated rings. The van der Waals surface area contributed by atoms with Crippen molar-refractivity contribution in [3.63, 3.8) is 0 Å². The van der Waals surface area contributed by atoms with E-state index in [1.165, 1.54) is 12.8 Å². The fraction of sp³-hybridized carbons (Fsp3) is 0.857. The van der Waals surface area contributed by atoms with E-state index in [-0.39, 0.29) is 5.91 Å². The van der Waals surface area contributed by atoms with Gasteiger partial charge in [-0.05, 0) is 49.0 Å². The van der Waals surface area contributed by atoms with E-state index in [2.05, 4.69) is 25.7 Å². The average Bonchev–Trinajstić information content (AvgIpc) is 3.40. The molecule has 4 rings (SSSR count). The zero-order chi connectivity index (χ0) is 14.2. The van der Waals surface area contributed by atoms with Crippen LogP contribution in [-0.4, -0.2) is 50.1 Å². The van der Waals surface area contributed by atoms with E-state index in [0.717, 1.165) is 51.1 Å². The van der Waals surface area contributed by atoms with Gasteiger partial charge < -0.3 is 5.32 Å². The number of tetrazole rings is 1. The number of carbonyl (C=O) groups excluding carboxylic acids is 1. The Labute approximate surface area is 124 Å². The Morgan fingerprint density at radius 3 is 2.57 bits per heavy atom. The minimum Gasteiger partial charge on any atom is -0.353 e. The summed E-state index contributed by atoms with van der Waals surface area (Å²) in [5.41, 5.74) is 0.